The third kappa shape index (κ3) is 9.86. The van der Waals surface area contributed by atoms with Gasteiger partial charge in [-0.2, -0.15) is 0 Å². The van der Waals surface area contributed by atoms with Crippen LogP contribution in [0.1, 0.15) is 59.1 Å². The lowest BCUT2D eigenvalue weighted by Crippen LogP contribution is -2.58. The minimum atomic E-state index is -1.56. The van der Waals surface area contributed by atoms with Gasteiger partial charge in [0.05, 0.1) is 23.2 Å². The number of halogens is 1. The molecule has 302 valence electrons. The van der Waals surface area contributed by atoms with Crippen LogP contribution in [-0.2, 0) is 38.6 Å². The van der Waals surface area contributed by atoms with E-state index in [4.69, 9.17) is 18.6 Å². The maximum atomic E-state index is 14.1. The number of esters is 1. The van der Waals surface area contributed by atoms with Crippen LogP contribution in [0, 0.1) is 0 Å². The number of ether oxygens (including phenoxy) is 3. The van der Waals surface area contributed by atoms with Crippen LogP contribution >= 0.6 is 12.4 Å². The summed E-state index contributed by atoms with van der Waals surface area (Å²) in [6.45, 7) is 4.74. The van der Waals surface area contributed by atoms with Gasteiger partial charge in [0.25, 0.3) is 0 Å². The molecule has 2 amide bonds. The van der Waals surface area contributed by atoms with Gasteiger partial charge in [-0.05, 0) is 67.3 Å². The van der Waals surface area contributed by atoms with E-state index in [1.165, 1.54) is 4.57 Å². The Morgan fingerprint density at radius 3 is 2.38 bits per heavy atom. The number of para-hydroxylation sites is 2. The number of carbonyl (C=O) groups excluding carboxylic acids is 4. The number of carbonyl (C=O) groups is 4. The summed E-state index contributed by atoms with van der Waals surface area (Å²) in [5.41, 5.74) is 2.31. The molecular weight excluding hydrogens is 764 g/mol. The van der Waals surface area contributed by atoms with Crippen molar-refractivity contribution in [2.45, 2.75) is 57.5 Å². The molecule has 0 saturated carbocycles. The zero-order chi connectivity index (χ0) is 39.9. The fourth-order valence-corrected chi connectivity index (χ4v) is 7.04. The third-order valence-corrected chi connectivity index (χ3v) is 10.1. The highest BCUT2D eigenvalue weighted by atomic mass is 35.5. The number of nitrogens with one attached hydrogen (secondary N) is 2. The number of nitrogens with zero attached hydrogens (tertiary/aromatic N) is 2. The smallest absolute Gasteiger partial charge is 0.421 e. The summed E-state index contributed by atoms with van der Waals surface area (Å²) >= 11 is 0. The molecule has 0 aliphatic carbocycles. The Balaban J connectivity index is 0.00000567. The molecule has 0 radical (unpaired) electrons. The van der Waals surface area contributed by atoms with Crippen molar-refractivity contribution in [3.63, 3.8) is 0 Å². The van der Waals surface area contributed by atoms with Crippen LogP contribution in [0.3, 0.4) is 0 Å². The molecule has 58 heavy (non-hydrogen) atoms. The Hall–Kier alpha value is -6.15. The van der Waals surface area contributed by atoms with Gasteiger partial charge in [-0.3, -0.25) is 14.3 Å². The number of hydrogen-bond donors (Lipinski definition) is 3. The summed E-state index contributed by atoms with van der Waals surface area (Å²) in [6, 6.07) is 32.3. The largest absolute Gasteiger partial charge is 0.457 e. The van der Waals surface area contributed by atoms with Crippen molar-refractivity contribution in [3.05, 3.63) is 143 Å². The quantitative estimate of drug-likeness (QED) is 0.0799. The first-order chi connectivity index (χ1) is 27.5. The predicted molar refractivity (Wildman–Crippen MR) is 218 cm³/mol. The topological polar surface area (TPSA) is 162 Å². The fraction of sp³-hybridized carbons (Fsp3) is 0.273. The summed E-state index contributed by atoms with van der Waals surface area (Å²) in [4.78, 5) is 55.8. The number of aromatic nitrogens is 1. The number of amides is 2. The van der Waals surface area contributed by atoms with Gasteiger partial charge < -0.3 is 34.4 Å². The molecule has 13 nitrogen and oxygen atoms in total. The molecule has 1 aliphatic rings. The molecule has 7 rings (SSSR count). The number of furan rings is 1. The molecule has 2 aromatic heterocycles. The van der Waals surface area contributed by atoms with Crippen LogP contribution in [-0.4, -0.2) is 70.2 Å². The highest BCUT2D eigenvalue weighted by Crippen LogP contribution is 2.27. The lowest BCUT2D eigenvalue weighted by molar-refractivity contribution is -0.127. The Morgan fingerprint density at radius 2 is 1.64 bits per heavy atom. The van der Waals surface area contributed by atoms with Crippen LogP contribution in [0.2, 0.25) is 0 Å². The molecule has 3 N–H and O–H groups in total. The highest BCUT2D eigenvalue weighted by Gasteiger charge is 2.38. The summed E-state index contributed by atoms with van der Waals surface area (Å²) in [5.74, 6) is -0.696. The first kappa shape index (κ1) is 41.5. The number of β-amino-alcohol motifs (C(OH)–C–C–N with tert-alkyl or cyclic N) is 1. The summed E-state index contributed by atoms with van der Waals surface area (Å²) < 4.78 is 23.2. The van der Waals surface area contributed by atoms with Gasteiger partial charge in [0.15, 0.2) is 6.61 Å². The van der Waals surface area contributed by atoms with Crippen molar-refractivity contribution < 1.29 is 42.9 Å². The second-order valence-electron chi connectivity index (χ2n) is 14.4. The summed E-state index contributed by atoms with van der Waals surface area (Å²) in [6.07, 6.45) is 0.285. The van der Waals surface area contributed by atoms with E-state index in [2.05, 4.69) is 15.5 Å². The number of alkyl carbamates (subject to hydrolysis) is 1. The molecule has 3 unspecified atom stereocenters. The molecule has 0 bridgehead atoms. The molecular formula is C44H45ClN4O9. The SMILES string of the molecule is CC(NC(=O)C(C)(Cc1cn(C(=O)OCOC(=O)c2ccc(CN3CCC(O)C3)cc2)c2ccccc12)NC(=O)OCc1cc2ccccc2o1)c1ccccc1.Cl. The second-order valence-corrected chi connectivity index (χ2v) is 14.4. The number of rotatable bonds is 13. The zero-order valence-corrected chi connectivity index (χ0v) is 32.9. The number of aliphatic hydroxyl groups is 1. The molecule has 0 spiro atoms. The first-order valence-electron chi connectivity index (χ1n) is 18.8. The normalized spacial score (nSPS) is 15.5. The Labute approximate surface area is 341 Å². The Bertz CT molecular complexity index is 2350. The van der Waals surface area contributed by atoms with E-state index in [0.717, 1.165) is 29.5 Å². The number of hydrogen-bond acceptors (Lipinski definition) is 10. The van der Waals surface area contributed by atoms with Gasteiger partial charge in [-0.15, -0.1) is 12.4 Å². The van der Waals surface area contributed by atoms with Crippen molar-refractivity contribution in [1.82, 2.24) is 20.1 Å². The van der Waals surface area contributed by atoms with Crippen LogP contribution in [0.25, 0.3) is 21.9 Å². The molecule has 1 fully saturated rings. The monoisotopic (exact) mass is 808 g/mol. The number of likely N-dealkylation sites (tertiary alicyclic amines) is 1. The van der Waals surface area contributed by atoms with Crippen molar-refractivity contribution >= 4 is 58.3 Å². The average molecular weight is 809 g/mol. The van der Waals surface area contributed by atoms with Gasteiger partial charge in [-0.25, -0.2) is 14.4 Å². The fourth-order valence-electron chi connectivity index (χ4n) is 7.04. The lowest BCUT2D eigenvalue weighted by Gasteiger charge is -2.30. The van der Waals surface area contributed by atoms with E-state index in [-0.39, 0.29) is 31.5 Å². The molecule has 14 heteroatoms. The van der Waals surface area contributed by atoms with E-state index in [0.29, 0.717) is 46.5 Å². The Morgan fingerprint density at radius 1 is 0.914 bits per heavy atom. The number of benzene rings is 4. The van der Waals surface area contributed by atoms with Crippen molar-refractivity contribution in [2.24, 2.45) is 0 Å². The predicted octanol–water partition coefficient (Wildman–Crippen LogP) is 7.28. The van der Waals surface area contributed by atoms with Crippen LogP contribution in [0.4, 0.5) is 9.59 Å². The van der Waals surface area contributed by atoms with Crippen LogP contribution in [0.5, 0.6) is 0 Å². The zero-order valence-electron chi connectivity index (χ0n) is 32.1. The van der Waals surface area contributed by atoms with E-state index < -0.39 is 42.4 Å². The maximum Gasteiger partial charge on any atom is 0.421 e. The van der Waals surface area contributed by atoms with Crippen LogP contribution < -0.4 is 10.6 Å². The molecule has 3 atom stereocenters. The molecule has 1 aliphatic heterocycles. The van der Waals surface area contributed by atoms with Gasteiger partial charge >= 0.3 is 18.2 Å². The minimum absolute atomic E-state index is 0. The van der Waals surface area contributed by atoms with E-state index in [1.54, 1.807) is 55.6 Å². The van der Waals surface area contributed by atoms with Crippen LogP contribution in [0.15, 0.2) is 120 Å². The first-order valence-corrected chi connectivity index (χ1v) is 18.8. The van der Waals surface area contributed by atoms with Gasteiger partial charge in [0, 0.05) is 43.0 Å². The van der Waals surface area contributed by atoms with E-state index >= 15 is 0 Å². The maximum absolute atomic E-state index is 14.1. The van der Waals surface area contributed by atoms with Crippen molar-refractivity contribution in [3.8, 4) is 0 Å². The molecule has 6 aromatic rings. The molecule has 1 saturated heterocycles. The standard InChI is InChI=1S/C44H44N4O9.ClH/c1-29(31-10-4-3-5-11-31)45-41(51)44(2,46-42(52)54-27-36-22-33-12-6-9-15-39(33)57-36)23-34-25-48(38-14-8-7-13-37(34)38)43(53)56-28-55-40(50)32-18-16-30(17-19-32)24-47-21-20-35(49)26-47;/h3-19,22,25,29,35,49H,20-21,23-24,26-28H2,1-2H3,(H,45,51)(H,46,52);1H. The Kier molecular flexibility index (Phi) is 13.2. The minimum Gasteiger partial charge on any atom is -0.457 e. The molecule has 4 aromatic carbocycles. The third-order valence-electron chi connectivity index (χ3n) is 10.1. The van der Waals surface area contributed by atoms with Crippen molar-refractivity contribution in [2.75, 3.05) is 19.9 Å². The summed E-state index contributed by atoms with van der Waals surface area (Å²) in [5, 5.41) is 17.1. The van der Waals surface area contributed by atoms with E-state index in [1.807, 2.05) is 73.7 Å². The van der Waals surface area contributed by atoms with Gasteiger partial charge in [-0.1, -0.05) is 78.9 Å². The van der Waals surface area contributed by atoms with Gasteiger partial charge in [0.1, 0.15) is 16.9 Å². The average Bonchev–Trinajstić information content (AvgIpc) is 3.94. The van der Waals surface area contributed by atoms with Gasteiger partial charge in [0.2, 0.25) is 12.7 Å². The number of fused-ring (bicyclic) bond motifs is 2. The lowest BCUT2D eigenvalue weighted by atomic mass is 9.91. The number of aliphatic hydroxyl groups excluding tert-OH is 1. The molecule has 3 heterocycles. The highest BCUT2D eigenvalue weighted by molar-refractivity contribution is 5.95. The van der Waals surface area contributed by atoms with Crippen molar-refractivity contribution in [1.29, 1.82) is 0 Å². The summed E-state index contributed by atoms with van der Waals surface area (Å²) in [7, 11) is 0. The second kappa shape index (κ2) is 18.4. The van der Waals surface area contributed by atoms with E-state index in [9.17, 15) is 24.3 Å².